The molecule has 1 aromatic heterocycles. The molecule has 0 spiro atoms. The fraction of sp³-hybridized carbons (Fsp3) is 0.656. The van der Waals surface area contributed by atoms with Crippen molar-refractivity contribution in [2.24, 2.45) is 28.6 Å². The van der Waals surface area contributed by atoms with Crippen molar-refractivity contribution in [1.82, 2.24) is 15.2 Å². The number of nitrogens with one attached hydrogen (secondary N) is 1. The Kier molecular flexibility index (Phi) is 7.56. The molecule has 5 rings (SSSR count). The lowest BCUT2D eigenvalue weighted by Gasteiger charge is -2.57. The molecule has 1 aromatic rings. The second-order valence-electron chi connectivity index (χ2n) is 13.0. The zero-order valence-electron chi connectivity index (χ0n) is 23.8. The maximum Gasteiger partial charge on any atom is 0.325 e. The fourth-order valence-electron chi connectivity index (χ4n) is 8.20. The molecule has 6 nitrogen and oxygen atoms in total. The molecule has 1 heterocycles. The van der Waals surface area contributed by atoms with Gasteiger partial charge in [-0.25, -0.2) is 0 Å². The number of hydrogen-bond acceptors (Lipinski definition) is 5. The van der Waals surface area contributed by atoms with E-state index in [1.165, 1.54) is 40.9 Å². The molecule has 6 heteroatoms. The Hall–Kier alpha value is -2.47. The van der Waals surface area contributed by atoms with Gasteiger partial charge in [-0.05, 0) is 84.3 Å². The molecule has 0 radical (unpaired) electrons. The highest BCUT2D eigenvalue weighted by Gasteiger charge is 2.57. The molecule has 2 saturated carbocycles. The third-order valence-electron chi connectivity index (χ3n) is 10.4. The summed E-state index contributed by atoms with van der Waals surface area (Å²) in [6.45, 7) is 9.21. The maximum atomic E-state index is 12.7. The first-order valence-corrected chi connectivity index (χ1v) is 14.6. The number of carbonyl (C=O) groups is 2. The van der Waals surface area contributed by atoms with Gasteiger partial charge >= 0.3 is 5.97 Å². The Bertz CT molecular complexity index is 1110. The molecule has 6 atom stereocenters. The van der Waals surface area contributed by atoms with Crippen LogP contribution in [-0.4, -0.2) is 54.0 Å². The van der Waals surface area contributed by atoms with Crippen LogP contribution in [0.3, 0.4) is 0 Å². The molecule has 0 aliphatic heterocycles. The lowest BCUT2D eigenvalue weighted by atomic mass is 9.47. The van der Waals surface area contributed by atoms with Crippen molar-refractivity contribution >= 4 is 17.4 Å². The number of aromatic nitrogens is 1. The molecule has 38 heavy (non-hydrogen) atoms. The Morgan fingerprint density at radius 3 is 2.66 bits per heavy atom. The van der Waals surface area contributed by atoms with Gasteiger partial charge in [0.1, 0.15) is 12.6 Å². The fourth-order valence-corrected chi connectivity index (χ4v) is 8.20. The molecular formula is C32H45N3O3. The highest BCUT2D eigenvalue weighted by Crippen LogP contribution is 2.66. The molecule has 2 fully saturated rings. The number of carbonyl (C=O) groups excluding carboxylic acids is 2. The lowest BCUT2D eigenvalue weighted by molar-refractivity contribution is -0.155. The van der Waals surface area contributed by atoms with Gasteiger partial charge in [-0.3, -0.25) is 14.6 Å². The average molecular weight is 520 g/mol. The number of esters is 1. The number of amides is 1. The van der Waals surface area contributed by atoms with E-state index < -0.39 is 0 Å². The second-order valence-corrected chi connectivity index (χ2v) is 13.0. The first kappa shape index (κ1) is 27.1. The largest absolute Gasteiger partial charge is 0.461 e. The molecular weight excluding hydrogens is 474 g/mol. The van der Waals surface area contributed by atoms with Gasteiger partial charge in [0.15, 0.2) is 0 Å². The molecule has 1 N–H and O–H groups in total. The minimum absolute atomic E-state index is 0.00263. The monoisotopic (exact) mass is 519 g/mol. The quantitative estimate of drug-likeness (QED) is 0.385. The lowest BCUT2D eigenvalue weighted by Crippen LogP contribution is -2.50. The van der Waals surface area contributed by atoms with E-state index in [9.17, 15) is 9.59 Å². The van der Waals surface area contributed by atoms with Crippen LogP contribution in [0.5, 0.6) is 0 Å². The Labute approximate surface area is 228 Å². The third kappa shape index (κ3) is 4.97. The van der Waals surface area contributed by atoms with Crippen molar-refractivity contribution in [1.29, 1.82) is 0 Å². The van der Waals surface area contributed by atoms with Crippen molar-refractivity contribution in [2.75, 3.05) is 20.1 Å². The molecule has 0 bridgehead atoms. The summed E-state index contributed by atoms with van der Waals surface area (Å²) >= 11 is 0. The molecule has 4 aliphatic carbocycles. The minimum atomic E-state index is -0.304. The van der Waals surface area contributed by atoms with Crippen LogP contribution in [0.25, 0.3) is 5.57 Å². The highest BCUT2D eigenvalue weighted by molar-refractivity contribution is 5.83. The van der Waals surface area contributed by atoms with Crippen LogP contribution in [0.1, 0.15) is 78.2 Å². The maximum absolute atomic E-state index is 12.7. The van der Waals surface area contributed by atoms with Gasteiger partial charge in [0.25, 0.3) is 0 Å². The smallest absolute Gasteiger partial charge is 0.325 e. The van der Waals surface area contributed by atoms with Gasteiger partial charge in [0, 0.05) is 31.9 Å². The van der Waals surface area contributed by atoms with E-state index >= 15 is 0 Å². The summed E-state index contributed by atoms with van der Waals surface area (Å²) in [6, 6.07) is 4.50. The molecule has 0 unspecified atom stereocenters. The van der Waals surface area contributed by atoms with Gasteiger partial charge in [-0.15, -0.1) is 0 Å². The second kappa shape index (κ2) is 10.6. The number of pyridine rings is 1. The first-order valence-electron chi connectivity index (χ1n) is 14.6. The number of allylic oxidation sites excluding steroid dienone is 3. The number of fused-ring (bicyclic) bond motifs is 5. The number of likely N-dealkylation sites (N-methyl/N-ethyl adjacent to an activating group) is 1. The normalized spacial score (nSPS) is 33.9. The van der Waals surface area contributed by atoms with Crippen molar-refractivity contribution in [3.05, 3.63) is 47.8 Å². The number of rotatable bonds is 7. The Morgan fingerprint density at radius 2 is 1.92 bits per heavy atom. The van der Waals surface area contributed by atoms with Crippen molar-refractivity contribution in [2.45, 2.75) is 84.8 Å². The SMILES string of the molecule is CC(C)NCC(=O)N(C)CC(=O)O[C@H]1CC[C@@]2(C)C(=CC[C@@H]3[C@@H]2CC[C@]2(C)C(c4cccnc4)=CC[C@@H]32)C1. The van der Waals surface area contributed by atoms with Crippen molar-refractivity contribution < 1.29 is 14.3 Å². The third-order valence-corrected chi connectivity index (χ3v) is 10.4. The van der Waals surface area contributed by atoms with Crippen LogP contribution in [0, 0.1) is 28.6 Å². The van der Waals surface area contributed by atoms with Crippen LogP contribution in [0.4, 0.5) is 0 Å². The summed E-state index contributed by atoms with van der Waals surface area (Å²) < 4.78 is 5.91. The van der Waals surface area contributed by atoms with Crippen molar-refractivity contribution in [3.63, 3.8) is 0 Å². The minimum Gasteiger partial charge on any atom is -0.461 e. The summed E-state index contributed by atoms with van der Waals surface area (Å²) in [5, 5.41) is 3.11. The summed E-state index contributed by atoms with van der Waals surface area (Å²) in [6.07, 6.45) is 16.4. The van der Waals surface area contributed by atoms with E-state index in [1.54, 1.807) is 7.05 Å². The number of nitrogens with zero attached hydrogens (tertiary/aromatic N) is 2. The number of hydrogen-bond donors (Lipinski definition) is 1. The van der Waals surface area contributed by atoms with Crippen LogP contribution in [0.15, 0.2) is 42.3 Å². The topological polar surface area (TPSA) is 71.5 Å². The molecule has 1 amide bonds. The van der Waals surface area contributed by atoms with Crippen LogP contribution >= 0.6 is 0 Å². The Balaban J connectivity index is 1.21. The summed E-state index contributed by atoms with van der Waals surface area (Å²) in [5.74, 6) is 1.68. The summed E-state index contributed by atoms with van der Waals surface area (Å²) in [4.78, 5) is 30.8. The predicted octanol–water partition coefficient (Wildman–Crippen LogP) is 5.41. The standard InChI is InChI=1S/C32H45N3O3/c1-21(2)34-19-29(36)35(5)20-30(37)38-24-12-14-31(3)23(17-24)8-9-25-27-11-10-26(22-7-6-16-33-18-22)32(27,4)15-13-28(25)31/h6-8,10,16,18,21,24-25,27-28,34H,9,11-15,17,19-20H2,1-5H3/t24-,25-,27-,28-,31-,32+/m0/s1. The molecule has 0 saturated heterocycles. The first-order chi connectivity index (χ1) is 18.1. The molecule has 4 aliphatic rings. The van der Waals surface area contributed by atoms with Gasteiger partial charge in [0.2, 0.25) is 5.91 Å². The summed E-state index contributed by atoms with van der Waals surface area (Å²) in [7, 11) is 1.67. The van der Waals surface area contributed by atoms with E-state index in [0.29, 0.717) is 17.8 Å². The van der Waals surface area contributed by atoms with E-state index in [-0.39, 0.29) is 47.9 Å². The van der Waals surface area contributed by atoms with Gasteiger partial charge in [-0.1, -0.05) is 51.5 Å². The van der Waals surface area contributed by atoms with Gasteiger partial charge in [-0.2, -0.15) is 0 Å². The highest BCUT2D eigenvalue weighted by atomic mass is 16.5. The zero-order chi connectivity index (χ0) is 27.1. The molecule has 206 valence electrons. The van der Waals surface area contributed by atoms with E-state index in [4.69, 9.17) is 4.74 Å². The van der Waals surface area contributed by atoms with Crippen LogP contribution in [-0.2, 0) is 14.3 Å². The predicted molar refractivity (Wildman–Crippen MR) is 150 cm³/mol. The molecule has 0 aromatic carbocycles. The van der Waals surface area contributed by atoms with E-state index in [0.717, 1.165) is 25.7 Å². The van der Waals surface area contributed by atoms with Gasteiger partial charge < -0.3 is 15.0 Å². The zero-order valence-corrected chi connectivity index (χ0v) is 23.8. The van der Waals surface area contributed by atoms with Crippen LogP contribution in [0.2, 0.25) is 0 Å². The van der Waals surface area contributed by atoms with E-state index in [2.05, 4.69) is 48.4 Å². The van der Waals surface area contributed by atoms with Gasteiger partial charge in [0.05, 0.1) is 6.54 Å². The van der Waals surface area contributed by atoms with Crippen molar-refractivity contribution in [3.8, 4) is 0 Å². The average Bonchev–Trinajstić information content (AvgIpc) is 3.25. The van der Waals surface area contributed by atoms with E-state index in [1.807, 2.05) is 26.2 Å². The Morgan fingerprint density at radius 1 is 1.13 bits per heavy atom. The number of ether oxygens (including phenoxy) is 1. The summed E-state index contributed by atoms with van der Waals surface area (Å²) in [5.41, 5.74) is 4.72. The van der Waals surface area contributed by atoms with Crippen LogP contribution < -0.4 is 5.32 Å².